The zero-order valence-corrected chi connectivity index (χ0v) is 14.1. The summed E-state index contributed by atoms with van der Waals surface area (Å²) >= 11 is 3.43. The third kappa shape index (κ3) is 2.80. The largest absolute Gasteiger partial charge is 0.496 e. The van der Waals surface area contributed by atoms with Gasteiger partial charge < -0.3 is 10.1 Å². The van der Waals surface area contributed by atoms with E-state index in [0.717, 1.165) is 38.4 Å². The topological polar surface area (TPSA) is 34.1 Å². The number of aromatic nitrogens is 1. The molecule has 0 atom stereocenters. The van der Waals surface area contributed by atoms with Crippen molar-refractivity contribution in [3.05, 3.63) is 45.1 Å². The number of pyridine rings is 1. The Bertz CT molecular complexity index is 653. The van der Waals surface area contributed by atoms with Crippen LogP contribution in [0.3, 0.4) is 0 Å². The van der Waals surface area contributed by atoms with Crippen LogP contribution in [0.25, 0.3) is 0 Å². The molecule has 0 aliphatic heterocycles. The van der Waals surface area contributed by atoms with Crippen molar-refractivity contribution in [1.82, 2.24) is 4.98 Å². The molecule has 0 aliphatic rings. The highest BCUT2D eigenvalue weighted by atomic mass is 79.9. The van der Waals surface area contributed by atoms with Gasteiger partial charge in [-0.05, 0) is 78.0 Å². The molecule has 1 heterocycles. The van der Waals surface area contributed by atoms with Crippen LogP contribution < -0.4 is 10.1 Å². The molecule has 20 heavy (non-hydrogen) atoms. The van der Waals surface area contributed by atoms with Crippen molar-refractivity contribution in [2.24, 2.45) is 0 Å². The Labute approximate surface area is 128 Å². The molecule has 1 N–H and O–H groups in total. The number of nitrogens with one attached hydrogen (secondary N) is 1. The van der Waals surface area contributed by atoms with Gasteiger partial charge in [0.1, 0.15) is 11.6 Å². The van der Waals surface area contributed by atoms with Crippen LogP contribution in [0, 0.1) is 27.7 Å². The van der Waals surface area contributed by atoms with E-state index in [1.807, 2.05) is 6.92 Å². The first kappa shape index (κ1) is 14.9. The molecule has 106 valence electrons. The van der Waals surface area contributed by atoms with E-state index in [9.17, 15) is 0 Å². The average Bonchev–Trinajstić information content (AvgIpc) is 2.41. The number of halogens is 1. The molecule has 0 saturated heterocycles. The number of ether oxygens (including phenoxy) is 1. The summed E-state index contributed by atoms with van der Waals surface area (Å²) < 4.78 is 6.39. The Morgan fingerprint density at radius 2 is 1.75 bits per heavy atom. The highest BCUT2D eigenvalue weighted by molar-refractivity contribution is 9.10. The lowest BCUT2D eigenvalue weighted by Crippen LogP contribution is -2.03. The molecule has 0 saturated carbocycles. The number of benzene rings is 1. The van der Waals surface area contributed by atoms with Crippen molar-refractivity contribution in [2.75, 3.05) is 12.4 Å². The minimum atomic E-state index is 0.879. The molecule has 0 amide bonds. The molecule has 0 spiro atoms. The van der Waals surface area contributed by atoms with E-state index < -0.39 is 0 Å². The van der Waals surface area contributed by atoms with E-state index in [2.05, 4.69) is 59.1 Å². The standard InChI is InChI=1S/C16H19BrN2O/c1-9-7-14(20-5)11(3)12(4)15(9)19-16-10(2)6-13(17)8-18-16/h6-8H,1-5H3,(H,18,19). The minimum absolute atomic E-state index is 0.879. The lowest BCUT2D eigenvalue weighted by Gasteiger charge is -2.18. The SMILES string of the molecule is COc1cc(C)c(Nc2ncc(Br)cc2C)c(C)c1C. The van der Waals surface area contributed by atoms with Crippen molar-refractivity contribution in [2.45, 2.75) is 27.7 Å². The molecule has 1 aromatic carbocycles. The molecular formula is C16H19BrN2O. The second-order valence-corrected chi connectivity index (χ2v) is 5.88. The first-order valence-corrected chi connectivity index (χ1v) is 7.27. The molecule has 1 aromatic heterocycles. The highest BCUT2D eigenvalue weighted by Gasteiger charge is 2.12. The van der Waals surface area contributed by atoms with Crippen molar-refractivity contribution in [3.8, 4) is 5.75 Å². The van der Waals surface area contributed by atoms with Crippen molar-refractivity contribution in [3.63, 3.8) is 0 Å². The lowest BCUT2D eigenvalue weighted by molar-refractivity contribution is 0.411. The monoisotopic (exact) mass is 334 g/mol. The summed E-state index contributed by atoms with van der Waals surface area (Å²) in [6.07, 6.45) is 1.80. The first-order chi connectivity index (χ1) is 9.43. The van der Waals surface area contributed by atoms with Crippen molar-refractivity contribution in [1.29, 1.82) is 0 Å². The van der Waals surface area contributed by atoms with Crippen LogP contribution in [0.2, 0.25) is 0 Å². The van der Waals surface area contributed by atoms with Gasteiger partial charge in [0, 0.05) is 16.4 Å². The maximum absolute atomic E-state index is 5.40. The van der Waals surface area contributed by atoms with Gasteiger partial charge in [-0.2, -0.15) is 0 Å². The fraction of sp³-hybridized carbons (Fsp3) is 0.312. The lowest BCUT2D eigenvalue weighted by atomic mass is 10.0. The number of nitrogens with zero attached hydrogens (tertiary/aromatic N) is 1. The fourth-order valence-electron chi connectivity index (χ4n) is 2.24. The van der Waals surface area contributed by atoms with Crippen LogP contribution in [0.4, 0.5) is 11.5 Å². The number of hydrogen-bond donors (Lipinski definition) is 1. The van der Waals surface area contributed by atoms with E-state index in [0.29, 0.717) is 0 Å². The van der Waals surface area contributed by atoms with Gasteiger partial charge in [0.25, 0.3) is 0 Å². The second-order valence-electron chi connectivity index (χ2n) is 4.96. The van der Waals surface area contributed by atoms with E-state index >= 15 is 0 Å². The Balaban J connectivity index is 2.46. The van der Waals surface area contributed by atoms with Gasteiger partial charge in [-0.3, -0.25) is 0 Å². The summed E-state index contributed by atoms with van der Waals surface area (Å²) in [6.45, 7) is 8.29. The first-order valence-electron chi connectivity index (χ1n) is 6.48. The van der Waals surface area contributed by atoms with Crippen LogP contribution >= 0.6 is 15.9 Å². The number of methoxy groups -OCH3 is 1. The van der Waals surface area contributed by atoms with Gasteiger partial charge in [-0.15, -0.1) is 0 Å². The molecular weight excluding hydrogens is 316 g/mol. The van der Waals surface area contributed by atoms with Crippen LogP contribution in [-0.4, -0.2) is 12.1 Å². The summed E-state index contributed by atoms with van der Waals surface area (Å²) in [6, 6.07) is 4.11. The van der Waals surface area contributed by atoms with E-state index in [1.54, 1.807) is 13.3 Å². The minimum Gasteiger partial charge on any atom is -0.496 e. The van der Waals surface area contributed by atoms with E-state index in [4.69, 9.17) is 4.74 Å². The fourth-order valence-corrected chi connectivity index (χ4v) is 2.68. The van der Waals surface area contributed by atoms with Gasteiger partial charge in [0.15, 0.2) is 0 Å². The predicted octanol–water partition coefficient (Wildman–Crippen LogP) is 4.83. The van der Waals surface area contributed by atoms with E-state index in [-0.39, 0.29) is 0 Å². The van der Waals surface area contributed by atoms with Gasteiger partial charge in [0.2, 0.25) is 0 Å². The maximum atomic E-state index is 5.40. The van der Waals surface area contributed by atoms with Crippen molar-refractivity contribution >= 4 is 27.4 Å². The molecule has 0 bridgehead atoms. The Hall–Kier alpha value is -1.55. The summed E-state index contributed by atoms with van der Waals surface area (Å²) in [5.74, 6) is 1.80. The summed E-state index contributed by atoms with van der Waals surface area (Å²) in [7, 11) is 1.70. The molecule has 0 aliphatic carbocycles. The molecule has 4 heteroatoms. The average molecular weight is 335 g/mol. The van der Waals surface area contributed by atoms with Gasteiger partial charge >= 0.3 is 0 Å². The molecule has 2 aromatic rings. The summed E-state index contributed by atoms with van der Waals surface area (Å²) in [5, 5.41) is 3.44. The Morgan fingerprint density at radius 1 is 1.05 bits per heavy atom. The van der Waals surface area contributed by atoms with Crippen LogP contribution in [0.1, 0.15) is 22.3 Å². The number of anilines is 2. The molecule has 0 fully saturated rings. The van der Waals surface area contributed by atoms with Crippen LogP contribution in [0.5, 0.6) is 5.75 Å². The number of aryl methyl sites for hydroxylation is 2. The Kier molecular flexibility index (Phi) is 4.33. The maximum Gasteiger partial charge on any atom is 0.133 e. The van der Waals surface area contributed by atoms with Gasteiger partial charge in [-0.25, -0.2) is 4.98 Å². The molecule has 0 radical (unpaired) electrons. The van der Waals surface area contributed by atoms with Gasteiger partial charge in [0.05, 0.1) is 7.11 Å². The molecule has 3 nitrogen and oxygen atoms in total. The normalized spacial score (nSPS) is 10.5. The zero-order valence-electron chi connectivity index (χ0n) is 12.5. The predicted molar refractivity (Wildman–Crippen MR) is 87.2 cm³/mol. The second kappa shape index (κ2) is 5.83. The quantitative estimate of drug-likeness (QED) is 0.872. The Morgan fingerprint density at radius 3 is 2.35 bits per heavy atom. The third-order valence-electron chi connectivity index (χ3n) is 3.56. The highest BCUT2D eigenvalue weighted by Crippen LogP contribution is 2.33. The molecule has 0 unspecified atom stereocenters. The molecule has 2 rings (SSSR count). The van der Waals surface area contributed by atoms with Crippen LogP contribution in [-0.2, 0) is 0 Å². The van der Waals surface area contributed by atoms with Crippen LogP contribution in [0.15, 0.2) is 22.8 Å². The van der Waals surface area contributed by atoms with Gasteiger partial charge in [-0.1, -0.05) is 0 Å². The van der Waals surface area contributed by atoms with E-state index in [1.165, 1.54) is 5.56 Å². The number of rotatable bonds is 3. The summed E-state index contributed by atoms with van der Waals surface area (Å²) in [4.78, 5) is 4.44. The smallest absolute Gasteiger partial charge is 0.133 e. The third-order valence-corrected chi connectivity index (χ3v) is 3.99. The van der Waals surface area contributed by atoms with Crippen molar-refractivity contribution < 1.29 is 4.74 Å². The summed E-state index contributed by atoms with van der Waals surface area (Å²) in [5.41, 5.74) is 5.68. The zero-order chi connectivity index (χ0) is 14.9. The number of hydrogen-bond acceptors (Lipinski definition) is 3.